The van der Waals surface area contributed by atoms with Gasteiger partial charge in [-0.05, 0) is 38.3 Å². The normalized spacial score (nSPS) is 23.2. The van der Waals surface area contributed by atoms with Crippen molar-refractivity contribution in [2.45, 2.75) is 37.2 Å². The second kappa shape index (κ2) is 7.21. The quantitative estimate of drug-likeness (QED) is 0.825. The third kappa shape index (κ3) is 3.63. The van der Waals surface area contributed by atoms with E-state index in [1.54, 1.807) is 29.2 Å². The van der Waals surface area contributed by atoms with Crippen LogP contribution in [0.2, 0.25) is 0 Å². The minimum Gasteiger partial charge on any atom is -0.368 e. The fourth-order valence-electron chi connectivity index (χ4n) is 3.19. The van der Waals surface area contributed by atoms with E-state index in [1.165, 1.54) is 4.31 Å². The van der Waals surface area contributed by atoms with Gasteiger partial charge in [-0.15, -0.1) is 0 Å². The third-order valence-corrected chi connectivity index (χ3v) is 6.54. The minimum atomic E-state index is -3.51. The van der Waals surface area contributed by atoms with Gasteiger partial charge in [0.05, 0.1) is 4.90 Å². The molecule has 7 heteroatoms. The highest BCUT2D eigenvalue weighted by molar-refractivity contribution is 7.89. The summed E-state index contributed by atoms with van der Waals surface area (Å²) < 4.78 is 32.5. The zero-order chi connectivity index (χ0) is 17.2. The molecule has 2 aliphatic rings. The van der Waals surface area contributed by atoms with Crippen LogP contribution in [0.1, 0.15) is 24.8 Å². The van der Waals surface area contributed by atoms with E-state index in [2.05, 4.69) is 0 Å². The number of nitrogens with zero attached hydrogens (tertiary/aromatic N) is 2. The van der Waals surface area contributed by atoms with E-state index in [9.17, 15) is 13.2 Å². The lowest BCUT2D eigenvalue weighted by Crippen LogP contribution is -2.41. The molecule has 2 aliphatic heterocycles. The third-order valence-electron chi connectivity index (χ3n) is 4.63. The summed E-state index contributed by atoms with van der Waals surface area (Å²) in [5.74, 6) is 0.00193. The lowest BCUT2D eigenvalue weighted by molar-refractivity contribution is -0.140. The fourth-order valence-corrected chi connectivity index (χ4v) is 4.66. The molecule has 0 N–H and O–H groups in total. The van der Waals surface area contributed by atoms with Gasteiger partial charge in [-0.3, -0.25) is 4.79 Å². The van der Waals surface area contributed by atoms with Crippen molar-refractivity contribution in [3.05, 3.63) is 29.8 Å². The average molecular weight is 352 g/mol. The number of sulfonamides is 1. The van der Waals surface area contributed by atoms with Crippen LogP contribution in [0.15, 0.2) is 29.2 Å². The van der Waals surface area contributed by atoms with E-state index in [0.29, 0.717) is 44.1 Å². The molecule has 1 aromatic rings. The van der Waals surface area contributed by atoms with Crippen molar-refractivity contribution in [3.63, 3.8) is 0 Å². The van der Waals surface area contributed by atoms with Crippen LogP contribution in [0.4, 0.5) is 0 Å². The molecule has 3 rings (SSSR count). The number of carbonyl (C=O) groups is 1. The van der Waals surface area contributed by atoms with Gasteiger partial charge in [0.25, 0.3) is 5.91 Å². The van der Waals surface area contributed by atoms with Crippen LogP contribution in [0, 0.1) is 6.92 Å². The summed E-state index contributed by atoms with van der Waals surface area (Å²) in [7, 11) is -3.51. The monoisotopic (exact) mass is 352 g/mol. The zero-order valence-corrected chi connectivity index (χ0v) is 14.8. The Labute approximate surface area is 143 Å². The summed E-state index contributed by atoms with van der Waals surface area (Å²) in [5, 5.41) is 0. The Morgan fingerprint density at radius 3 is 2.50 bits per heavy atom. The number of rotatable bonds is 3. The largest absolute Gasteiger partial charge is 0.368 e. The first-order valence-electron chi connectivity index (χ1n) is 8.46. The number of benzene rings is 1. The van der Waals surface area contributed by atoms with E-state index < -0.39 is 10.0 Å². The molecule has 1 amide bonds. The van der Waals surface area contributed by atoms with Crippen LogP contribution in [0.3, 0.4) is 0 Å². The van der Waals surface area contributed by atoms with E-state index in [4.69, 9.17) is 4.74 Å². The first-order chi connectivity index (χ1) is 11.5. The second-order valence-corrected chi connectivity index (χ2v) is 8.34. The Hall–Kier alpha value is -1.44. The van der Waals surface area contributed by atoms with Crippen molar-refractivity contribution in [2.75, 3.05) is 32.8 Å². The number of carbonyl (C=O) groups excluding carboxylic acids is 1. The summed E-state index contributed by atoms with van der Waals surface area (Å²) in [5.41, 5.74) is 1.03. The van der Waals surface area contributed by atoms with Gasteiger partial charge in [-0.2, -0.15) is 4.31 Å². The lowest BCUT2D eigenvalue weighted by Gasteiger charge is -2.24. The molecule has 2 heterocycles. The van der Waals surface area contributed by atoms with Crippen molar-refractivity contribution < 1.29 is 17.9 Å². The SMILES string of the molecule is Cc1ccc(S(=O)(=O)N2CCCN(C(=O)C3CCCO3)CC2)cc1. The predicted molar refractivity (Wildman–Crippen MR) is 90.1 cm³/mol. The Morgan fingerprint density at radius 1 is 1.08 bits per heavy atom. The molecule has 0 saturated carbocycles. The predicted octanol–water partition coefficient (Wildman–Crippen LogP) is 1.40. The van der Waals surface area contributed by atoms with Crippen LogP contribution < -0.4 is 0 Å². The maximum Gasteiger partial charge on any atom is 0.251 e. The van der Waals surface area contributed by atoms with Crippen molar-refractivity contribution in [2.24, 2.45) is 0 Å². The lowest BCUT2D eigenvalue weighted by atomic mass is 10.2. The molecule has 1 atom stereocenters. The summed E-state index contributed by atoms with van der Waals surface area (Å²) in [4.78, 5) is 14.5. The van der Waals surface area contributed by atoms with Crippen LogP contribution >= 0.6 is 0 Å². The van der Waals surface area contributed by atoms with E-state index in [-0.39, 0.29) is 12.0 Å². The molecule has 1 unspecified atom stereocenters. The Balaban J connectivity index is 1.68. The topological polar surface area (TPSA) is 66.9 Å². The van der Waals surface area contributed by atoms with Gasteiger partial charge in [0.2, 0.25) is 10.0 Å². The maximum atomic E-state index is 12.8. The number of ether oxygens (including phenoxy) is 1. The van der Waals surface area contributed by atoms with Gasteiger partial charge < -0.3 is 9.64 Å². The molecule has 2 saturated heterocycles. The van der Waals surface area contributed by atoms with Gasteiger partial charge in [-0.25, -0.2) is 8.42 Å². The zero-order valence-electron chi connectivity index (χ0n) is 14.0. The highest BCUT2D eigenvalue weighted by Crippen LogP contribution is 2.20. The molecule has 0 bridgehead atoms. The Kier molecular flexibility index (Phi) is 5.22. The Morgan fingerprint density at radius 2 is 1.83 bits per heavy atom. The van der Waals surface area contributed by atoms with Gasteiger partial charge in [-0.1, -0.05) is 17.7 Å². The maximum absolute atomic E-state index is 12.8. The second-order valence-electron chi connectivity index (χ2n) is 6.40. The van der Waals surface area contributed by atoms with Crippen LogP contribution in [0.25, 0.3) is 0 Å². The molecule has 0 spiro atoms. The van der Waals surface area contributed by atoms with Gasteiger partial charge in [0, 0.05) is 32.8 Å². The van der Waals surface area contributed by atoms with Gasteiger partial charge in [0.1, 0.15) is 6.10 Å². The summed E-state index contributed by atoms with van der Waals surface area (Å²) in [6.07, 6.45) is 1.98. The number of amides is 1. The van der Waals surface area contributed by atoms with Crippen molar-refractivity contribution >= 4 is 15.9 Å². The molecule has 132 valence electrons. The first-order valence-corrected chi connectivity index (χ1v) is 9.90. The smallest absolute Gasteiger partial charge is 0.251 e. The molecule has 2 fully saturated rings. The van der Waals surface area contributed by atoms with Gasteiger partial charge in [0.15, 0.2) is 0 Å². The highest BCUT2D eigenvalue weighted by atomic mass is 32.2. The molecule has 0 aromatic heterocycles. The summed E-state index contributed by atoms with van der Waals surface area (Å²) >= 11 is 0. The standard InChI is InChI=1S/C17H24N2O4S/c1-14-5-7-15(8-6-14)24(21,22)19-10-3-9-18(11-12-19)17(20)16-4-2-13-23-16/h5-8,16H,2-4,9-13H2,1H3. The van der Waals surface area contributed by atoms with Crippen LogP contribution in [-0.2, 0) is 19.6 Å². The number of hydrogen-bond acceptors (Lipinski definition) is 4. The summed E-state index contributed by atoms with van der Waals surface area (Å²) in [6.45, 7) is 4.33. The van der Waals surface area contributed by atoms with Gasteiger partial charge >= 0.3 is 0 Å². The highest BCUT2D eigenvalue weighted by Gasteiger charge is 2.32. The number of hydrogen-bond donors (Lipinski definition) is 0. The average Bonchev–Trinajstić information content (AvgIpc) is 2.98. The van der Waals surface area contributed by atoms with E-state index >= 15 is 0 Å². The Bertz CT molecular complexity index is 681. The molecular formula is C17H24N2O4S. The fraction of sp³-hybridized carbons (Fsp3) is 0.588. The van der Waals surface area contributed by atoms with Crippen molar-refractivity contribution in [1.82, 2.24) is 9.21 Å². The summed E-state index contributed by atoms with van der Waals surface area (Å²) in [6, 6.07) is 6.89. The first kappa shape index (κ1) is 17.4. The minimum absolute atomic E-state index is 0.00193. The van der Waals surface area contributed by atoms with E-state index in [0.717, 1.165) is 18.4 Å². The molecule has 6 nitrogen and oxygen atoms in total. The van der Waals surface area contributed by atoms with Crippen molar-refractivity contribution in [3.8, 4) is 0 Å². The molecule has 0 radical (unpaired) electrons. The van der Waals surface area contributed by atoms with Crippen LogP contribution in [0.5, 0.6) is 0 Å². The molecular weight excluding hydrogens is 328 g/mol. The molecule has 1 aromatic carbocycles. The van der Waals surface area contributed by atoms with Crippen molar-refractivity contribution in [1.29, 1.82) is 0 Å². The van der Waals surface area contributed by atoms with Crippen LogP contribution in [-0.4, -0.2) is 62.4 Å². The van der Waals surface area contributed by atoms with E-state index in [1.807, 2.05) is 6.92 Å². The number of aryl methyl sites for hydroxylation is 1. The molecule has 24 heavy (non-hydrogen) atoms. The molecule has 0 aliphatic carbocycles.